The highest BCUT2D eigenvalue weighted by molar-refractivity contribution is 5.21. The standard InChI is InChI=1S/C12H14FN/c1-3-9-14-12(4-2)10-7-5-6-8-11(10)13/h1,5-8,12,14H,4,9H2,2H3. The molecule has 1 aromatic rings. The molecule has 0 saturated heterocycles. The molecule has 1 nitrogen and oxygen atoms in total. The van der Waals surface area contributed by atoms with Gasteiger partial charge in [-0.15, -0.1) is 6.42 Å². The van der Waals surface area contributed by atoms with Crippen molar-refractivity contribution >= 4 is 0 Å². The van der Waals surface area contributed by atoms with Crippen molar-refractivity contribution in [1.29, 1.82) is 0 Å². The maximum atomic E-state index is 13.4. The predicted molar refractivity (Wildman–Crippen MR) is 56.3 cm³/mol. The average Bonchev–Trinajstić information content (AvgIpc) is 2.21. The molecule has 0 amide bonds. The minimum atomic E-state index is -0.177. The van der Waals surface area contributed by atoms with E-state index in [1.54, 1.807) is 12.1 Å². The van der Waals surface area contributed by atoms with Crippen LogP contribution in [-0.2, 0) is 0 Å². The minimum Gasteiger partial charge on any atom is -0.299 e. The summed E-state index contributed by atoms with van der Waals surface area (Å²) in [5.74, 6) is 2.31. The largest absolute Gasteiger partial charge is 0.299 e. The second-order valence-corrected chi connectivity index (χ2v) is 3.07. The highest BCUT2D eigenvalue weighted by Gasteiger charge is 2.11. The third kappa shape index (κ3) is 2.58. The van der Waals surface area contributed by atoms with Crippen LogP contribution in [0.5, 0.6) is 0 Å². The van der Waals surface area contributed by atoms with Gasteiger partial charge in [0.1, 0.15) is 5.82 Å². The fourth-order valence-corrected chi connectivity index (χ4v) is 1.41. The first-order valence-corrected chi connectivity index (χ1v) is 4.70. The molecule has 0 bridgehead atoms. The zero-order valence-electron chi connectivity index (χ0n) is 8.26. The van der Waals surface area contributed by atoms with Crippen LogP contribution in [0.2, 0.25) is 0 Å². The van der Waals surface area contributed by atoms with Gasteiger partial charge < -0.3 is 0 Å². The van der Waals surface area contributed by atoms with Crippen LogP contribution in [0.1, 0.15) is 24.9 Å². The van der Waals surface area contributed by atoms with Gasteiger partial charge in [-0.3, -0.25) is 5.32 Å². The Balaban J connectivity index is 2.79. The van der Waals surface area contributed by atoms with E-state index >= 15 is 0 Å². The van der Waals surface area contributed by atoms with Crippen LogP contribution in [0, 0.1) is 18.2 Å². The molecule has 1 N–H and O–H groups in total. The molecule has 1 atom stereocenters. The van der Waals surface area contributed by atoms with E-state index in [4.69, 9.17) is 6.42 Å². The summed E-state index contributed by atoms with van der Waals surface area (Å²) in [4.78, 5) is 0. The van der Waals surface area contributed by atoms with Crippen LogP contribution in [0.3, 0.4) is 0 Å². The van der Waals surface area contributed by atoms with Crippen molar-refractivity contribution < 1.29 is 4.39 Å². The van der Waals surface area contributed by atoms with Gasteiger partial charge >= 0.3 is 0 Å². The van der Waals surface area contributed by atoms with E-state index in [0.29, 0.717) is 12.1 Å². The Kier molecular flexibility index (Phi) is 4.15. The van der Waals surface area contributed by atoms with Crippen molar-refractivity contribution in [2.45, 2.75) is 19.4 Å². The molecule has 0 aliphatic carbocycles. The number of benzene rings is 1. The Hall–Kier alpha value is -1.33. The van der Waals surface area contributed by atoms with Gasteiger partial charge in [0.2, 0.25) is 0 Å². The number of rotatable bonds is 4. The van der Waals surface area contributed by atoms with Crippen LogP contribution in [0.15, 0.2) is 24.3 Å². The van der Waals surface area contributed by atoms with Crippen LogP contribution >= 0.6 is 0 Å². The lowest BCUT2D eigenvalue weighted by Gasteiger charge is -2.16. The van der Waals surface area contributed by atoms with Crippen LogP contribution < -0.4 is 5.32 Å². The highest BCUT2D eigenvalue weighted by atomic mass is 19.1. The van der Waals surface area contributed by atoms with Crippen molar-refractivity contribution in [2.24, 2.45) is 0 Å². The molecule has 0 aliphatic heterocycles. The molecule has 14 heavy (non-hydrogen) atoms. The zero-order chi connectivity index (χ0) is 10.4. The molecular weight excluding hydrogens is 177 g/mol. The number of terminal acetylenes is 1. The molecule has 0 heterocycles. The molecule has 1 unspecified atom stereocenters. The quantitative estimate of drug-likeness (QED) is 0.721. The van der Waals surface area contributed by atoms with Crippen LogP contribution in [0.25, 0.3) is 0 Å². The normalized spacial score (nSPS) is 12.1. The van der Waals surface area contributed by atoms with E-state index in [9.17, 15) is 4.39 Å². The molecule has 0 spiro atoms. The summed E-state index contributed by atoms with van der Waals surface area (Å²) in [5.41, 5.74) is 0.685. The Morgan fingerprint density at radius 1 is 1.50 bits per heavy atom. The van der Waals surface area contributed by atoms with Gasteiger partial charge in [-0.2, -0.15) is 0 Å². The third-order valence-electron chi connectivity index (χ3n) is 2.14. The Bertz CT molecular complexity index is 327. The number of nitrogens with one attached hydrogen (secondary N) is 1. The van der Waals surface area contributed by atoms with Gasteiger partial charge in [-0.25, -0.2) is 4.39 Å². The van der Waals surface area contributed by atoms with Crippen molar-refractivity contribution in [2.75, 3.05) is 6.54 Å². The van der Waals surface area contributed by atoms with Gasteiger partial charge in [-0.05, 0) is 12.5 Å². The summed E-state index contributed by atoms with van der Waals surface area (Å²) in [6.45, 7) is 2.47. The maximum absolute atomic E-state index is 13.4. The molecule has 0 radical (unpaired) electrons. The molecule has 0 aromatic heterocycles. The molecule has 1 aromatic carbocycles. The van der Waals surface area contributed by atoms with E-state index in [1.807, 2.05) is 13.0 Å². The molecule has 2 heteroatoms. The Morgan fingerprint density at radius 2 is 2.21 bits per heavy atom. The van der Waals surface area contributed by atoms with E-state index in [0.717, 1.165) is 6.42 Å². The van der Waals surface area contributed by atoms with Crippen molar-refractivity contribution in [3.05, 3.63) is 35.6 Å². The second kappa shape index (κ2) is 5.41. The van der Waals surface area contributed by atoms with E-state index in [-0.39, 0.29) is 11.9 Å². The molecular formula is C12H14FN. The lowest BCUT2D eigenvalue weighted by Crippen LogP contribution is -2.21. The summed E-state index contributed by atoms with van der Waals surface area (Å²) < 4.78 is 13.4. The SMILES string of the molecule is C#CCNC(CC)c1ccccc1F. The van der Waals surface area contributed by atoms with Gasteiger partial charge in [0.05, 0.1) is 6.54 Å². The van der Waals surface area contributed by atoms with Crippen molar-refractivity contribution in [3.8, 4) is 12.3 Å². The summed E-state index contributed by atoms with van der Waals surface area (Å²) in [7, 11) is 0. The molecule has 1 rings (SSSR count). The number of halogens is 1. The first-order valence-electron chi connectivity index (χ1n) is 4.70. The summed E-state index contributed by atoms with van der Waals surface area (Å²) in [6, 6.07) is 6.78. The number of hydrogen-bond donors (Lipinski definition) is 1. The summed E-state index contributed by atoms with van der Waals surface area (Å²) in [6.07, 6.45) is 5.96. The third-order valence-corrected chi connectivity index (χ3v) is 2.14. The molecule has 0 saturated carbocycles. The van der Waals surface area contributed by atoms with Gasteiger partial charge in [0.25, 0.3) is 0 Å². The second-order valence-electron chi connectivity index (χ2n) is 3.07. The smallest absolute Gasteiger partial charge is 0.127 e. The lowest BCUT2D eigenvalue weighted by molar-refractivity contribution is 0.513. The topological polar surface area (TPSA) is 12.0 Å². The zero-order valence-corrected chi connectivity index (χ0v) is 8.26. The Morgan fingerprint density at radius 3 is 2.79 bits per heavy atom. The lowest BCUT2D eigenvalue weighted by atomic mass is 10.0. The van der Waals surface area contributed by atoms with Crippen LogP contribution in [-0.4, -0.2) is 6.54 Å². The number of hydrogen-bond acceptors (Lipinski definition) is 1. The fraction of sp³-hybridized carbons (Fsp3) is 0.333. The summed E-state index contributed by atoms with van der Waals surface area (Å²) in [5, 5.41) is 3.10. The highest BCUT2D eigenvalue weighted by Crippen LogP contribution is 2.19. The fourth-order valence-electron chi connectivity index (χ4n) is 1.41. The van der Waals surface area contributed by atoms with Gasteiger partial charge in [-0.1, -0.05) is 31.0 Å². The maximum Gasteiger partial charge on any atom is 0.127 e. The first kappa shape index (κ1) is 10.7. The van der Waals surface area contributed by atoms with E-state index < -0.39 is 0 Å². The van der Waals surface area contributed by atoms with Crippen molar-refractivity contribution in [1.82, 2.24) is 5.32 Å². The minimum absolute atomic E-state index is 0.00671. The van der Waals surface area contributed by atoms with Gasteiger partial charge in [0, 0.05) is 11.6 Å². The van der Waals surface area contributed by atoms with Crippen molar-refractivity contribution in [3.63, 3.8) is 0 Å². The van der Waals surface area contributed by atoms with E-state index in [2.05, 4.69) is 11.2 Å². The molecule has 74 valence electrons. The Labute approximate surface area is 84.3 Å². The first-order chi connectivity index (χ1) is 6.79. The molecule has 0 fully saturated rings. The van der Waals surface area contributed by atoms with Gasteiger partial charge in [0.15, 0.2) is 0 Å². The molecule has 0 aliphatic rings. The van der Waals surface area contributed by atoms with Crippen LogP contribution in [0.4, 0.5) is 4.39 Å². The average molecular weight is 191 g/mol. The predicted octanol–water partition coefficient (Wildman–Crippen LogP) is 2.50. The van der Waals surface area contributed by atoms with E-state index in [1.165, 1.54) is 6.07 Å². The monoisotopic (exact) mass is 191 g/mol. The summed E-state index contributed by atoms with van der Waals surface area (Å²) >= 11 is 0.